The first-order valence-corrected chi connectivity index (χ1v) is 7.42. The van der Waals surface area contributed by atoms with E-state index in [-0.39, 0.29) is 0 Å². The van der Waals surface area contributed by atoms with Gasteiger partial charge in [0.2, 0.25) is 0 Å². The van der Waals surface area contributed by atoms with E-state index in [9.17, 15) is 0 Å². The van der Waals surface area contributed by atoms with Crippen molar-refractivity contribution in [2.24, 2.45) is 24.6 Å². The topological polar surface area (TPSA) is 43.8 Å². The highest BCUT2D eigenvalue weighted by Gasteiger charge is 2.25. The van der Waals surface area contributed by atoms with Gasteiger partial charge in [0.25, 0.3) is 0 Å². The van der Waals surface area contributed by atoms with Crippen molar-refractivity contribution in [3.05, 3.63) is 18.2 Å². The highest BCUT2D eigenvalue weighted by Crippen LogP contribution is 2.33. The highest BCUT2D eigenvalue weighted by molar-refractivity contribution is 4.92. The second-order valence-corrected chi connectivity index (χ2v) is 5.86. The maximum absolute atomic E-state index is 6.39. The fourth-order valence-corrected chi connectivity index (χ4v) is 3.26. The fraction of sp³-hybridized carbons (Fsp3) is 0.800. The predicted octanol–water partition coefficient (Wildman–Crippen LogP) is 2.90. The van der Waals surface area contributed by atoms with Gasteiger partial charge in [-0.05, 0) is 31.1 Å². The lowest BCUT2D eigenvalue weighted by molar-refractivity contribution is 0.223. The van der Waals surface area contributed by atoms with E-state index in [0.29, 0.717) is 6.04 Å². The molecule has 1 aliphatic rings. The van der Waals surface area contributed by atoms with Crippen molar-refractivity contribution >= 4 is 0 Å². The average Bonchev–Trinajstić information content (AvgIpc) is 2.81. The Morgan fingerprint density at radius 3 is 3.00 bits per heavy atom. The number of aryl methyl sites for hydroxylation is 2. The van der Waals surface area contributed by atoms with Crippen LogP contribution in [-0.4, -0.2) is 15.6 Å². The summed E-state index contributed by atoms with van der Waals surface area (Å²) in [5.41, 5.74) is 6.39. The van der Waals surface area contributed by atoms with Crippen molar-refractivity contribution in [1.82, 2.24) is 9.55 Å². The van der Waals surface area contributed by atoms with Crippen LogP contribution in [0.25, 0.3) is 0 Å². The van der Waals surface area contributed by atoms with E-state index < -0.39 is 0 Å². The van der Waals surface area contributed by atoms with Crippen LogP contribution in [0.4, 0.5) is 0 Å². The predicted molar refractivity (Wildman–Crippen MR) is 75.2 cm³/mol. The Morgan fingerprint density at radius 2 is 2.33 bits per heavy atom. The minimum atomic E-state index is 0.357. The lowest BCUT2D eigenvalue weighted by Crippen LogP contribution is -2.34. The van der Waals surface area contributed by atoms with Gasteiger partial charge in [0.05, 0.1) is 0 Å². The Hall–Kier alpha value is -0.830. The van der Waals surface area contributed by atoms with Gasteiger partial charge >= 0.3 is 0 Å². The van der Waals surface area contributed by atoms with Gasteiger partial charge in [-0.1, -0.05) is 26.2 Å². The lowest BCUT2D eigenvalue weighted by Gasteiger charge is -2.32. The van der Waals surface area contributed by atoms with E-state index in [2.05, 4.69) is 23.5 Å². The molecule has 1 aromatic rings. The average molecular weight is 249 g/mol. The van der Waals surface area contributed by atoms with Crippen LogP contribution < -0.4 is 5.73 Å². The summed E-state index contributed by atoms with van der Waals surface area (Å²) in [6.07, 6.45) is 12.8. The van der Waals surface area contributed by atoms with Gasteiger partial charge in [0.1, 0.15) is 5.82 Å². The molecule has 1 heterocycles. The molecule has 0 radical (unpaired) electrons. The standard InChI is InChI=1S/C15H27N3/c1-3-12-5-4-6-13(11-12)14(16)7-8-15-17-9-10-18(15)2/h9-10,12-14H,3-8,11,16H2,1-2H3. The third-order valence-electron chi connectivity index (χ3n) is 4.63. The van der Waals surface area contributed by atoms with Crippen molar-refractivity contribution < 1.29 is 0 Å². The Kier molecular flexibility index (Phi) is 4.81. The van der Waals surface area contributed by atoms with Crippen molar-refractivity contribution in [2.45, 2.75) is 57.9 Å². The summed E-state index contributed by atoms with van der Waals surface area (Å²) in [4.78, 5) is 4.37. The first-order valence-electron chi connectivity index (χ1n) is 7.42. The number of aromatic nitrogens is 2. The molecule has 18 heavy (non-hydrogen) atoms. The number of nitrogens with zero attached hydrogens (tertiary/aromatic N) is 2. The van der Waals surface area contributed by atoms with E-state index in [4.69, 9.17) is 5.73 Å². The summed E-state index contributed by atoms with van der Waals surface area (Å²) in [5, 5.41) is 0. The Balaban J connectivity index is 1.80. The zero-order valence-electron chi connectivity index (χ0n) is 11.8. The molecule has 1 fully saturated rings. The molecule has 3 atom stereocenters. The third kappa shape index (κ3) is 3.35. The molecule has 0 aromatic carbocycles. The summed E-state index contributed by atoms with van der Waals surface area (Å²) in [6.45, 7) is 2.31. The lowest BCUT2D eigenvalue weighted by atomic mass is 9.76. The number of hydrogen-bond acceptors (Lipinski definition) is 2. The van der Waals surface area contributed by atoms with Gasteiger partial charge in [-0.2, -0.15) is 0 Å². The molecule has 0 bridgehead atoms. The van der Waals surface area contributed by atoms with E-state index in [1.165, 1.54) is 32.1 Å². The van der Waals surface area contributed by atoms with Crippen LogP contribution >= 0.6 is 0 Å². The molecule has 2 rings (SSSR count). The summed E-state index contributed by atoms with van der Waals surface area (Å²) in [7, 11) is 2.06. The molecule has 1 saturated carbocycles. The summed E-state index contributed by atoms with van der Waals surface area (Å²) >= 11 is 0. The SMILES string of the molecule is CCC1CCCC(C(N)CCc2nccn2C)C1. The van der Waals surface area contributed by atoms with Crippen LogP contribution in [0.2, 0.25) is 0 Å². The largest absolute Gasteiger partial charge is 0.338 e. The monoisotopic (exact) mass is 249 g/mol. The molecule has 3 heteroatoms. The Labute approximate surface area is 111 Å². The molecule has 1 aliphatic carbocycles. The molecule has 0 amide bonds. The van der Waals surface area contributed by atoms with Crippen molar-refractivity contribution in [3.8, 4) is 0 Å². The maximum atomic E-state index is 6.39. The van der Waals surface area contributed by atoms with Gasteiger partial charge in [-0.15, -0.1) is 0 Å². The number of rotatable bonds is 5. The first kappa shape index (κ1) is 13.6. The Morgan fingerprint density at radius 1 is 1.50 bits per heavy atom. The van der Waals surface area contributed by atoms with Crippen LogP contribution in [-0.2, 0) is 13.5 Å². The summed E-state index contributed by atoms with van der Waals surface area (Å²) in [5.74, 6) is 2.82. The molecule has 102 valence electrons. The van der Waals surface area contributed by atoms with Crippen molar-refractivity contribution in [1.29, 1.82) is 0 Å². The molecular formula is C15H27N3. The van der Waals surface area contributed by atoms with Crippen LogP contribution in [0.3, 0.4) is 0 Å². The van der Waals surface area contributed by atoms with E-state index >= 15 is 0 Å². The zero-order valence-corrected chi connectivity index (χ0v) is 11.8. The van der Waals surface area contributed by atoms with Crippen LogP contribution in [0.1, 0.15) is 51.3 Å². The number of imidazole rings is 1. The second-order valence-electron chi connectivity index (χ2n) is 5.86. The second kappa shape index (κ2) is 6.37. The van der Waals surface area contributed by atoms with Crippen molar-refractivity contribution in [2.75, 3.05) is 0 Å². The molecule has 0 saturated heterocycles. The summed E-state index contributed by atoms with van der Waals surface area (Å²) in [6, 6.07) is 0.357. The normalized spacial score (nSPS) is 26.2. The zero-order chi connectivity index (χ0) is 13.0. The van der Waals surface area contributed by atoms with E-state index in [0.717, 1.165) is 30.5 Å². The fourth-order valence-electron chi connectivity index (χ4n) is 3.26. The molecule has 3 nitrogen and oxygen atoms in total. The van der Waals surface area contributed by atoms with E-state index in [1.807, 2.05) is 12.4 Å². The molecular weight excluding hydrogens is 222 g/mol. The van der Waals surface area contributed by atoms with Gasteiger partial charge in [0, 0.05) is 31.9 Å². The molecule has 0 aliphatic heterocycles. The molecule has 3 unspecified atom stereocenters. The molecule has 0 spiro atoms. The van der Waals surface area contributed by atoms with Gasteiger partial charge in [-0.25, -0.2) is 4.98 Å². The third-order valence-corrected chi connectivity index (χ3v) is 4.63. The molecule has 2 N–H and O–H groups in total. The highest BCUT2D eigenvalue weighted by atomic mass is 15.0. The smallest absolute Gasteiger partial charge is 0.108 e. The minimum absolute atomic E-state index is 0.357. The van der Waals surface area contributed by atoms with Crippen LogP contribution in [0, 0.1) is 11.8 Å². The first-order chi connectivity index (χ1) is 8.70. The van der Waals surface area contributed by atoms with Gasteiger partial charge in [-0.3, -0.25) is 0 Å². The number of nitrogens with two attached hydrogens (primary N) is 1. The van der Waals surface area contributed by atoms with Crippen molar-refractivity contribution in [3.63, 3.8) is 0 Å². The quantitative estimate of drug-likeness (QED) is 0.872. The summed E-state index contributed by atoms with van der Waals surface area (Å²) < 4.78 is 2.10. The van der Waals surface area contributed by atoms with Crippen LogP contribution in [0.5, 0.6) is 0 Å². The van der Waals surface area contributed by atoms with Gasteiger partial charge < -0.3 is 10.3 Å². The van der Waals surface area contributed by atoms with E-state index in [1.54, 1.807) is 0 Å². The maximum Gasteiger partial charge on any atom is 0.108 e. The number of hydrogen-bond donors (Lipinski definition) is 1. The van der Waals surface area contributed by atoms with Gasteiger partial charge in [0.15, 0.2) is 0 Å². The minimum Gasteiger partial charge on any atom is -0.338 e. The van der Waals surface area contributed by atoms with Crippen LogP contribution in [0.15, 0.2) is 12.4 Å². The Bertz CT molecular complexity index is 358. The molecule has 1 aromatic heterocycles.